The Hall–Kier alpha value is -5.81. The minimum atomic E-state index is -4.79. The molecule has 1 unspecified atom stereocenters. The SMILES string of the molecule is Cn1c(=O)c2c(ncn2CCCCN2CC(C(=O)O)n3c(c(-c4cccc(C(F)(F)F)c4)c(Cc4cccc5ccccc45)cc3=O)S2(=O)=O)n(C)c1=O. The van der Waals surface area contributed by atoms with Crippen molar-refractivity contribution in [3.63, 3.8) is 0 Å². The number of hydrogen-bond acceptors (Lipinski definition) is 7. The number of sulfonamides is 1. The van der Waals surface area contributed by atoms with Gasteiger partial charge in [-0.3, -0.25) is 23.3 Å². The van der Waals surface area contributed by atoms with Gasteiger partial charge >= 0.3 is 17.8 Å². The number of nitrogens with zero attached hydrogens (tertiary/aromatic N) is 6. The summed E-state index contributed by atoms with van der Waals surface area (Å²) in [6.07, 6.45) is -2.99. The average molecular weight is 763 g/mol. The molecule has 13 nitrogen and oxygen atoms in total. The van der Waals surface area contributed by atoms with Gasteiger partial charge in [-0.25, -0.2) is 23.0 Å². The molecule has 1 N–H and O–H groups in total. The van der Waals surface area contributed by atoms with Crippen LogP contribution >= 0.6 is 0 Å². The van der Waals surface area contributed by atoms with Crippen molar-refractivity contribution in [1.82, 2.24) is 27.6 Å². The fourth-order valence-corrected chi connectivity index (χ4v) is 9.10. The van der Waals surface area contributed by atoms with Crippen LogP contribution in [0.5, 0.6) is 0 Å². The normalized spacial score (nSPS) is 15.8. The van der Waals surface area contributed by atoms with Crippen molar-refractivity contribution in [3.05, 3.63) is 127 Å². The molecule has 280 valence electrons. The first-order valence-corrected chi connectivity index (χ1v) is 18.3. The van der Waals surface area contributed by atoms with Gasteiger partial charge in [-0.15, -0.1) is 0 Å². The monoisotopic (exact) mass is 762 g/mol. The van der Waals surface area contributed by atoms with Gasteiger partial charge in [-0.1, -0.05) is 54.6 Å². The van der Waals surface area contributed by atoms with Gasteiger partial charge in [0.25, 0.3) is 21.1 Å². The number of carboxylic acids is 1. The Morgan fingerprint density at radius 2 is 1.61 bits per heavy atom. The lowest BCUT2D eigenvalue weighted by atomic mass is 9.93. The zero-order chi connectivity index (χ0) is 38.7. The molecular weight excluding hydrogens is 730 g/mol. The van der Waals surface area contributed by atoms with Crippen LogP contribution in [-0.4, -0.2) is 60.1 Å². The van der Waals surface area contributed by atoms with E-state index in [2.05, 4.69) is 4.98 Å². The number of unbranched alkanes of at least 4 members (excludes halogenated alkanes) is 1. The molecule has 54 heavy (non-hydrogen) atoms. The summed E-state index contributed by atoms with van der Waals surface area (Å²) in [4.78, 5) is 55.9. The third-order valence-corrected chi connectivity index (χ3v) is 11.8. The van der Waals surface area contributed by atoms with Crippen LogP contribution in [0.25, 0.3) is 33.1 Å². The molecule has 1 aliphatic heterocycles. The lowest BCUT2D eigenvalue weighted by molar-refractivity contribution is -0.141. The summed E-state index contributed by atoms with van der Waals surface area (Å²) in [7, 11) is -1.89. The Kier molecular flexibility index (Phi) is 9.17. The predicted molar refractivity (Wildman–Crippen MR) is 193 cm³/mol. The van der Waals surface area contributed by atoms with Crippen molar-refractivity contribution in [3.8, 4) is 11.1 Å². The van der Waals surface area contributed by atoms with Gasteiger partial charge in [0.2, 0.25) is 0 Å². The molecule has 0 amide bonds. The van der Waals surface area contributed by atoms with E-state index < -0.39 is 62.2 Å². The Balaban J connectivity index is 1.32. The van der Waals surface area contributed by atoms with Crippen molar-refractivity contribution in [2.45, 2.75) is 43.1 Å². The Bertz CT molecular complexity index is 2780. The van der Waals surface area contributed by atoms with Gasteiger partial charge in [0.15, 0.2) is 16.2 Å². The van der Waals surface area contributed by atoms with Crippen LogP contribution in [0, 0.1) is 0 Å². The third kappa shape index (κ3) is 6.22. The van der Waals surface area contributed by atoms with E-state index in [-0.39, 0.29) is 60.2 Å². The maximum atomic E-state index is 14.6. The second-order valence-electron chi connectivity index (χ2n) is 13.2. The Morgan fingerprint density at radius 1 is 0.907 bits per heavy atom. The van der Waals surface area contributed by atoms with Gasteiger partial charge in [0.05, 0.1) is 11.9 Å². The molecule has 0 fully saturated rings. The summed E-state index contributed by atoms with van der Waals surface area (Å²) < 4.78 is 76.7. The molecule has 0 saturated heterocycles. The van der Waals surface area contributed by atoms with Crippen LogP contribution < -0.4 is 16.8 Å². The van der Waals surface area contributed by atoms with Crippen LogP contribution in [0.3, 0.4) is 0 Å². The summed E-state index contributed by atoms with van der Waals surface area (Å²) in [6, 6.07) is 16.3. The number of rotatable bonds is 9. The van der Waals surface area contributed by atoms with Crippen LogP contribution in [0.1, 0.15) is 35.6 Å². The summed E-state index contributed by atoms with van der Waals surface area (Å²) in [5.74, 6) is -1.50. The molecule has 4 heterocycles. The van der Waals surface area contributed by atoms with Crippen LogP contribution in [-0.2, 0) is 48.1 Å². The summed E-state index contributed by atoms with van der Waals surface area (Å²) in [5.41, 5.74) is -2.30. The van der Waals surface area contributed by atoms with Gasteiger partial charge < -0.3 is 9.67 Å². The highest BCUT2D eigenvalue weighted by Gasteiger charge is 2.43. The lowest BCUT2D eigenvalue weighted by Gasteiger charge is -2.35. The van der Waals surface area contributed by atoms with Gasteiger partial charge in [-0.05, 0) is 58.9 Å². The first kappa shape index (κ1) is 36.5. The highest BCUT2D eigenvalue weighted by Crippen LogP contribution is 2.40. The smallest absolute Gasteiger partial charge is 0.416 e. The number of aryl methyl sites for hydroxylation is 2. The number of fused-ring (bicyclic) bond motifs is 3. The molecule has 0 spiro atoms. The van der Waals surface area contributed by atoms with Crippen LogP contribution in [0.2, 0.25) is 0 Å². The second kappa shape index (κ2) is 13.6. The number of aliphatic carboxylic acids is 1. The first-order chi connectivity index (χ1) is 25.6. The number of aromatic nitrogens is 5. The number of benzene rings is 3. The molecule has 7 rings (SSSR count). The molecule has 6 aromatic rings. The van der Waals surface area contributed by atoms with E-state index in [1.165, 1.54) is 31.1 Å². The minimum absolute atomic E-state index is 0.0484. The highest BCUT2D eigenvalue weighted by molar-refractivity contribution is 7.89. The molecule has 17 heteroatoms. The minimum Gasteiger partial charge on any atom is -0.480 e. The van der Waals surface area contributed by atoms with Crippen molar-refractivity contribution >= 4 is 37.9 Å². The van der Waals surface area contributed by atoms with E-state index in [1.54, 1.807) is 22.8 Å². The maximum absolute atomic E-state index is 14.6. The van der Waals surface area contributed by atoms with Crippen molar-refractivity contribution in [2.75, 3.05) is 13.1 Å². The molecular formula is C37H33F3N6O7S. The van der Waals surface area contributed by atoms with E-state index in [4.69, 9.17) is 0 Å². The number of hydrogen-bond donors (Lipinski definition) is 1. The van der Waals surface area contributed by atoms with Gasteiger partial charge in [0, 0.05) is 45.4 Å². The van der Waals surface area contributed by atoms with E-state index in [9.17, 15) is 45.9 Å². The molecule has 1 atom stereocenters. The average Bonchev–Trinajstić information content (AvgIpc) is 3.56. The van der Waals surface area contributed by atoms with Crippen LogP contribution in [0.15, 0.2) is 98.5 Å². The van der Waals surface area contributed by atoms with Gasteiger partial charge in [0.1, 0.15) is 6.04 Å². The molecule has 3 aromatic carbocycles. The molecule has 1 aliphatic rings. The number of alkyl halides is 3. The summed E-state index contributed by atoms with van der Waals surface area (Å²) in [5, 5.41) is 11.3. The third-order valence-electron chi connectivity index (χ3n) is 9.86. The van der Waals surface area contributed by atoms with Crippen molar-refractivity contribution in [2.24, 2.45) is 14.1 Å². The van der Waals surface area contributed by atoms with E-state index in [0.29, 0.717) is 10.1 Å². The standard InChI is InChI=1S/C37H33F3N6O7S/c1-42-32-31(33(48)43(2)36(42)51)44(21-41-32)15-5-6-16-45-20-28(35(49)50)46-29(47)19-25(17-23-11-7-10-22-9-3-4-14-27(22)23)30(34(46)54(45,52)53)24-12-8-13-26(18-24)37(38,39)40/h3-4,7-14,18-19,21,28H,5-6,15-17,20H2,1-2H3,(H,49,50). The number of carbonyl (C=O) groups is 1. The molecule has 0 aliphatic carbocycles. The van der Waals surface area contributed by atoms with E-state index >= 15 is 0 Å². The highest BCUT2D eigenvalue weighted by atomic mass is 32.2. The molecule has 0 radical (unpaired) electrons. The maximum Gasteiger partial charge on any atom is 0.416 e. The number of pyridine rings is 1. The van der Waals surface area contributed by atoms with E-state index in [0.717, 1.165) is 43.9 Å². The fraction of sp³-hybridized carbons (Fsp3) is 0.270. The first-order valence-electron chi connectivity index (χ1n) is 16.9. The topological polar surface area (TPSA) is 158 Å². The Labute approximate surface area is 304 Å². The van der Waals surface area contributed by atoms with Gasteiger partial charge in [-0.2, -0.15) is 17.5 Å². The lowest BCUT2D eigenvalue weighted by Crippen LogP contribution is -2.50. The molecule has 0 saturated carbocycles. The summed E-state index contributed by atoms with van der Waals surface area (Å²) >= 11 is 0. The summed E-state index contributed by atoms with van der Waals surface area (Å²) in [6.45, 7) is -0.619. The predicted octanol–water partition coefficient (Wildman–Crippen LogP) is 4.14. The van der Waals surface area contributed by atoms with Crippen molar-refractivity contribution in [1.29, 1.82) is 0 Å². The number of halogens is 3. The van der Waals surface area contributed by atoms with Crippen LogP contribution in [0.4, 0.5) is 13.2 Å². The Morgan fingerprint density at radius 3 is 2.35 bits per heavy atom. The van der Waals surface area contributed by atoms with E-state index in [1.807, 2.05) is 24.3 Å². The second-order valence-corrected chi connectivity index (χ2v) is 15.0. The largest absolute Gasteiger partial charge is 0.480 e. The molecule has 3 aromatic heterocycles. The quantitative estimate of drug-likeness (QED) is 0.216. The van der Waals surface area contributed by atoms with Crippen molar-refractivity contribution < 1.29 is 31.5 Å². The number of carboxylic acid groups (broad SMARTS) is 1. The fourth-order valence-electron chi connectivity index (χ4n) is 7.18. The zero-order valence-corrected chi connectivity index (χ0v) is 29.8. The zero-order valence-electron chi connectivity index (χ0n) is 28.9. The molecule has 0 bridgehead atoms. The number of imidazole rings is 1.